The normalized spacial score (nSPS) is 15.4. The maximum atomic E-state index is 16.2. The minimum absolute atomic E-state index is 0.213. The molecule has 1 fully saturated rings. The SMILES string of the molecule is CC[C@@H]([C@H](C)OCc1ccccc1)n1ncn(-c2ccc(N3CCN(c4ccc(-c5ccc(C(F)(F)C(O)(Cn6cnnn6)c6ccc(F)cc6)nc5)cc4)CC3)cc2)c1=O. The van der Waals surface area contributed by atoms with Crippen molar-refractivity contribution in [1.82, 2.24) is 39.5 Å². The van der Waals surface area contributed by atoms with Crippen LogP contribution in [0.1, 0.15) is 43.1 Å². The molecule has 1 aliphatic rings. The predicted molar refractivity (Wildman–Crippen MR) is 224 cm³/mol. The van der Waals surface area contributed by atoms with Crippen LogP contribution in [0.5, 0.6) is 0 Å². The number of anilines is 2. The second kappa shape index (κ2) is 17.5. The summed E-state index contributed by atoms with van der Waals surface area (Å²) in [6.07, 6.45) is 4.50. The number of benzene rings is 4. The van der Waals surface area contributed by atoms with Crippen molar-refractivity contribution < 1.29 is 23.0 Å². The highest BCUT2D eigenvalue weighted by atomic mass is 19.3. The molecule has 314 valence electrons. The number of rotatable bonds is 15. The van der Waals surface area contributed by atoms with Crippen LogP contribution < -0.4 is 15.5 Å². The first kappa shape index (κ1) is 41.1. The molecule has 0 bridgehead atoms. The minimum Gasteiger partial charge on any atom is -0.377 e. The molecule has 4 aromatic carbocycles. The monoisotopic (exact) mass is 830 g/mol. The Morgan fingerprint density at radius 2 is 1.41 bits per heavy atom. The second-order valence-corrected chi connectivity index (χ2v) is 15.1. The summed E-state index contributed by atoms with van der Waals surface area (Å²) >= 11 is 0. The Bertz CT molecular complexity index is 2550. The van der Waals surface area contributed by atoms with Gasteiger partial charge in [0.2, 0.25) is 0 Å². The fourth-order valence-corrected chi connectivity index (χ4v) is 7.80. The van der Waals surface area contributed by atoms with Gasteiger partial charge < -0.3 is 19.6 Å². The first-order valence-electron chi connectivity index (χ1n) is 20.1. The van der Waals surface area contributed by atoms with E-state index in [0.717, 1.165) is 89.6 Å². The zero-order chi connectivity index (χ0) is 42.6. The van der Waals surface area contributed by atoms with Crippen LogP contribution in [0, 0.1) is 5.82 Å². The molecule has 8 rings (SSSR count). The molecule has 0 spiro atoms. The molecule has 0 radical (unpaired) electrons. The molecular formula is C45H45F3N10O3. The highest BCUT2D eigenvalue weighted by Gasteiger charge is 2.56. The summed E-state index contributed by atoms with van der Waals surface area (Å²) < 4.78 is 56.3. The average Bonchev–Trinajstić information content (AvgIpc) is 3.96. The Morgan fingerprint density at radius 1 is 0.787 bits per heavy atom. The van der Waals surface area contributed by atoms with E-state index >= 15 is 8.78 Å². The third-order valence-corrected chi connectivity index (χ3v) is 11.4. The fourth-order valence-electron chi connectivity index (χ4n) is 7.80. The van der Waals surface area contributed by atoms with E-state index in [1.807, 2.05) is 92.7 Å². The van der Waals surface area contributed by atoms with Gasteiger partial charge in [0.25, 0.3) is 0 Å². The van der Waals surface area contributed by atoms with Crippen molar-refractivity contribution in [2.45, 2.75) is 57.1 Å². The summed E-state index contributed by atoms with van der Waals surface area (Å²) in [4.78, 5) is 22.2. The summed E-state index contributed by atoms with van der Waals surface area (Å²) in [5.41, 5.74) is 1.36. The van der Waals surface area contributed by atoms with Crippen molar-refractivity contribution >= 4 is 11.4 Å². The Balaban J connectivity index is 0.880. The number of hydrogen-bond donors (Lipinski definition) is 1. The number of hydrogen-bond acceptors (Lipinski definition) is 10. The molecule has 4 heterocycles. The first-order valence-corrected chi connectivity index (χ1v) is 20.1. The van der Waals surface area contributed by atoms with Gasteiger partial charge in [-0.3, -0.25) is 4.98 Å². The van der Waals surface area contributed by atoms with Crippen LogP contribution in [-0.4, -0.2) is 76.9 Å². The number of tetrazole rings is 1. The molecule has 61 heavy (non-hydrogen) atoms. The van der Waals surface area contributed by atoms with E-state index in [4.69, 9.17) is 4.74 Å². The van der Waals surface area contributed by atoms with Crippen molar-refractivity contribution in [3.05, 3.63) is 167 Å². The van der Waals surface area contributed by atoms with E-state index in [-0.39, 0.29) is 23.4 Å². The van der Waals surface area contributed by atoms with Crippen molar-refractivity contribution in [3.63, 3.8) is 0 Å². The smallest absolute Gasteiger partial charge is 0.350 e. The van der Waals surface area contributed by atoms with Gasteiger partial charge in [0.15, 0.2) is 5.60 Å². The van der Waals surface area contributed by atoms with Crippen LogP contribution in [0.25, 0.3) is 16.8 Å². The Hall–Kier alpha value is -6.65. The number of aliphatic hydroxyl groups is 1. The van der Waals surface area contributed by atoms with Crippen LogP contribution in [0.3, 0.4) is 0 Å². The third-order valence-electron chi connectivity index (χ3n) is 11.4. The molecule has 13 nitrogen and oxygen atoms in total. The summed E-state index contributed by atoms with van der Waals surface area (Å²) in [7, 11) is 0. The predicted octanol–water partition coefficient (Wildman–Crippen LogP) is 6.78. The van der Waals surface area contributed by atoms with Gasteiger partial charge in [-0.05, 0) is 95.1 Å². The lowest BCUT2D eigenvalue weighted by Crippen LogP contribution is -2.47. The molecule has 0 amide bonds. The van der Waals surface area contributed by atoms with Gasteiger partial charge in [-0.2, -0.15) is 13.9 Å². The number of ether oxygens (including phenoxy) is 1. The zero-order valence-electron chi connectivity index (χ0n) is 33.7. The van der Waals surface area contributed by atoms with Crippen LogP contribution in [0.4, 0.5) is 24.5 Å². The van der Waals surface area contributed by atoms with E-state index in [1.54, 1.807) is 10.9 Å². The number of piperazine rings is 1. The van der Waals surface area contributed by atoms with Crippen LogP contribution in [0.2, 0.25) is 0 Å². The lowest BCUT2D eigenvalue weighted by Gasteiger charge is -2.37. The number of nitrogens with zero attached hydrogens (tertiary/aromatic N) is 10. The Kier molecular flexibility index (Phi) is 11.8. The molecule has 3 aromatic heterocycles. The molecule has 1 unspecified atom stereocenters. The lowest BCUT2D eigenvalue weighted by molar-refractivity contribution is -0.206. The highest BCUT2D eigenvalue weighted by molar-refractivity contribution is 5.66. The average molecular weight is 831 g/mol. The lowest BCUT2D eigenvalue weighted by atomic mass is 9.85. The summed E-state index contributed by atoms with van der Waals surface area (Å²) in [5, 5.41) is 26.6. The van der Waals surface area contributed by atoms with Crippen molar-refractivity contribution in [1.29, 1.82) is 0 Å². The van der Waals surface area contributed by atoms with E-state index in [1.165, 1.54) is 23.0 Å². The van der Waals surface area contributed by atoms with Gasteiger partial charge in [0, 0.05) is 49.3 Å². The molecule has 1 N–H and O–H groups in total. The number of aromatic nitrogens is 8. The maximum Gasteiger partial charge on any atom is 0.350 e. The summed E-state index contributed by atoms with van der Waals surface area (Å²) in [6.45, 7) is 6.90. The maximum absolute atomic E-state index is 16.2. The van der Waals surface area contributed by atoms with Crippen LogP contribution in [-0.2, 0) is 29.4 Å². The second-order valence-electron chi connectivity index (χ2n) is 15.1. The van der Waals surface area contributed by atoms with Crippen LogP contribution in [0.15, 0.2) is 139 Å². The number of pyridine rings is 1. The fraction of sp³-hybridized carbons (Fsp3) is 0.289. The number of alkyl halides is 2. The first-order chi connectivity index (χ1) is 29.5. The quantitative estimate of drug-likeness (QED) is 0.118. The standard InChI is InChI=1S/C45H45F3N10O3/c1-3-41(32(2)61-28-33-7-5-4-6-8-33)58-43(59)57(31-51-58)40-20-18-39(19-21-40)55-25-23-54(24-26-55)38-16-9-34(10-17-38)35-11-22-42(49-27-35)45(47,48)44(60,29-56-30-50-52-53-56)36-12-14-37(46)15-13-36/h4-22,27,30-32,41,60H,3,23-26,28-29H2,1-2H3/t32-,41-,44?/m0/s1. The largest absolute Gasteiger partial charge is 0.377 e. The van der Waals surface area contributed by atoms with Gasteiger partial charge in [0.05, 0.1) is 31.0 Å². The van der Waals surface area contributed by atoms with E-state index in [2.05, 4.69) is 35.4 Å². The molecule has 3 atom stereocenters. The van der Waals surface area contributed by atoms with E-state index in [9.17, 15) is 14.3 Å². The molecule has 1 saturated heterocycles. The molecule has 0 saturated carbocycles. The molecular weight excluding hydrogens is 786 g/mol. The molecule has 7 aromatic rings. The van der Waals surface area contributed by atoms with Gasteiger partial charge in [-0.1, -0.05) is 67.6 Å². The van der Waals surface area contributed by atoms with Gasteiger partial charge in [-0.15, -0.1) is 5.10 Å². The van der Waals surface area contributed by atoms with E-state index in [0.29, 0.717) is 18.6 Å². The molecule has 0 aliphatic carbocycles. The van der Waals surface area contributed by atoms with Gasteiger partial charge in [-0.25, -0.2) is 23.1 Å². The highest BCUT2D eigenvalue weighted by Crippen LogP contribution is 2.46. The molecule has 1 aliphatic heterocycles. The van der Waals surface area contributed by atoms with E-state index < -0.39 is 29.6 Å². The number of halogens is 3. The van der Waals surface area contributed by atoms with Crippen molar-refractivity contribution in [3.8, 4) is 16.8 Å². The summed E-state index contributed by atoms with van der Waals surface area (Å²) in [5.74, 6) is -4.54. The van der Waals surface area contributed by atoms with Crippen molar-refractivity contribution in [2.75, 3.05) is 36.0 Å². The van der Waals surface area contributed by atoms with Crippen molar-refractivity contribution in [2.24, 2.45) is 0 Å². The Morgan fingerprint density at radius 3 is 2.00 bits per heavy atom. The van der Waals surface area contributed by atoms with Gasteiger partial charge in [0.1, 0.15) is 24.2 Å². The third kappa shape index (κ3) is 8.54. The summed E-state index contributed by atoms with van der Waals surface area (Å²) in [6, 6.07) is 32.5. The molecule has 16 heteroatoms. The van der Waals surface area contributed by atoms with Gasteiger partial charge >= 0.3 is 11.6 Å². The Labute approximate surface area is 350 Å². The zero-order valence-corrected chi connectivity index (χ0v) is 33.7. The minimum atomic E-state index is -3.91. The van der Waals surface area contributed by atoms with Crippen LogP contribution >= 0.6 is 0 Å². The topological polar surface area (TPSA) is 132 Å².